The first-order valence-corrected chi connectivity index (χ1v) is 6.98. The second-order valence-corrected chi connectivity index (χ2v) is 5.22. The van der Waals surface area contributed by atoms with Crippen molar-refractivity contribution in [2.45, 2.75) is 12.5 Å². The molecule has 2 rings (SSSR count). The largest absolute Gasteiger partial charge is 0.481 e. The van der Waals surface area contributed by atoms with Crippen molar-refractivity contribution in [1.82, 2.24) is 5.32 Å². The fourth-order valence-electron chi connectivity index (χ4n) is 1.89. The predicted octanol–water partition coefficient (Wildman–Crippen LogP) is 2.12. The maximum atomic E-state index is 12.1. The molecule has 6 heteroatoms. The third-order valence-corrected chi connectivity index (χ3v) is 3.91. The number of methoxy groups -OCH3 is 1. The number of carbonyl (C=O) groups is 2. The first-order chi connectivity index (χ1) is 9.61. The number of rotatable bonds is 6. The number of fused-ring (bicyclic) bond motifs is 1. The van der Waals surface area contributed by atoms with Gasteiger partial charge in [-0.25, -0.2) is 0 Å². The Morgan fingerprint density at radius 3 is 2.85 bits per heavy atom. The number of carboxylic acid groups (broad SMARTS) is 1. The molecule has 5 nitrogen and oxygen atoms in total. The molecule has 0 saturated heterocycles. The zero-order valence-electron chi connectivity index (χ0n) is 11.0. The molecule has 1 aromatic carbocycles. The zero-order valence-corrected chi connectivity index (χ0v) is 11.8. The Balaban J connectivity index is 2.03. The Kier molecular flexibility index (Phi) is 4.70. The number of amides is 1. The van der Waals surface area contributed by atoms with Gasteiger partial charge in [0.2, 0.25) is 0 Å². The maximum Gasteiger partial charge on any atom is 0.306 e. The van der Waals surface area contributed by atoms with Crippen molar-refractivity contribution in [3.05, 3.63) is 35.2 Å². The van der Waals surface area contributed by atoms with E-state index < -0.39 is 12.1 Å². The van der Waals surface area contributed by atoms with Gasteiger partial charge in [0.25, 0.3) is 5.91 Å². The van der Waals surface area contributed by atoms with Gasteiger partial charge in [-0.05, 0) is 6.07 Å². The van der Waals surface area contributed by atoms with Gasteiger partial charge in [0.15, 0.2) is 0 Å². The molecule has 1 atom stereocenters. The van der Waals surface area contributed by atoms with Crippen LogP contribution in [-0.2, 0) is 9.53 Å². The van der Waals surface area contributed by atoms with Crippen LogP contribution in [0.3, 0.4) is 0 Å². The van der Waals surface area contributed by atoms with Crippen molar-refractivity contribution in [2.24, 2.45) is 0 Å². The van der Waals surface area contributed by atoms with Crippen LogP contribution in [-0.4, -0.2) is 36.7 Å². The summed E-state index contributed by atoms with van der Waals surface area (Å²) in [5.74, 6) is -1.16. The molecule has 1 aromatic heterocycles. The van der Waals surface area contributed by atoms with Crippen molar-refractivity contribution in [3.8, 4) is 0 Å². The molecule has 106 valence electrons. The summed E-state index contributed by atoms with van der Waals surface area (Å²) >= 11 is 1.51. The number of thiophene rings is 1. The van der Waals surface area contributed by atoms with Gasteiger partial charge in [0.05, 0.1) is 18.1 Å². The third kappa shape index (κ3) is 3.34. The molecule has 1 unspecified atom stereocenters. The van der Waals surface area contributed by atoms with Gasteiger partial charge in [0.1, 0.15) is 0 Å². The normalized spacial score (nSPS) is 12.2. The number of nitrogens with one attached hydrogen (secondary N) is 1. The minimum Gasteiger partial charge on any atom is -0.481 e. The molecule has 0 aliphatic heterocycles. The number of carboxylic acids is 1. The monoisotopic (exact) mass is 293 g/mol. The lowest BCUT2D eigenvalue weighted by atomic mass is 10.1. The maximum absolute atomic E-state index is 12.1. The van der Waals surface area contributed by atoms with Crippen LogP contribution in [0.4, 0.5) is 0 Å². The van der Waals surface area contributed by atoms with Crippen molar-refractivity contribution >= 4 is 33.3 Å². The Bertz CT molecular complexity index is 622. The molecule has 0 spiro atoms. The molecule has 2 N–H and O–H groups in total. The summed E-state index contributed by atoms with van der Waals surface area (Å²) in [6.45, 7) is 0.172. The van der Waals surface area contributed by atoms with E-state index in [2.05, 4.69) is 5.32 Å². The average molecular weight is 293 g/mol. The van der Waals surface area contributed by atoms with Crippen LogP contribution in [0.15, 0.2) is 29.6 Å². The molecule has 1 heterocycles. The van der Waals surface area contributed by atoms with Gasteiger partial charge in [-0.1, -0.05) is 18.2 Å². The highest BCUT2D eigenvalue weighted by molar-refractivity contribution is 7.17. The van der Waals surface area contributed by atoms with E-state index >= 15 is 0 Å². The Labute approximate surface area is 120 Å². The summed E-state index contributed by atoms with van der Waals surface area (Å²) in [4.78, 5) is 22.7. The molecule has 0 aliphatic carbocycles. The summed E-state index contributed by atoms with van der Waals surface area (Å²) in [5, 5.41) is 14.1. The number of ether oxygens (including phenoxy) is 1. The molecular weight excluding hydrogens is 278 g/mol. The highest BCUT2D eigenvalue weighted by Crippen LogP contribution is 2.25. The van der Waals surface area contributed by atoms with E-state index in [0.717, 1.165) is 10.1 Å². The van der Waals surface area contributed by atoms with Gasteiger partial charge in [0, 0.05) is 29.1 Å². The van der Waals surface area contributed by atoms with Crippen molar-refractivity contribution in [3.63, 3.8) is 0 Å². The molecule has 1 amide bonds. The first kappa shape index (κ1) is 14.5. The lowest BCUT2D eigenvalue weighted by molar-refractivity contribution is -0.139. The molecular formula is C14H15NO4S. The summed E-state index contributed by atoms with van der Waals surface area (Å²) in [6.07, 6.45) is -0.664. The minimum atomic E-state index is -0.952. The Hall–Kier alpha value is -1.92. The second-order valence-electron chi connectivity index (χ2n) is 4.31. The van der Waals surface area contributed by atoms with Gasteiger partial charge >= 0.3 is 5.97 Å². The summed E-state index contributed by atoms with van der Waals surface area (Å²) in [6, 6.07) is 7.66. The van der Waals surface area contributed by atoms with Crippen molar-refractivity contribution in [1.29, 1.82) is 0 Å². The first-order valence-electron chi connectivity index (χ1n) is 6.11. The predicted molar refractivity (Wildman–Crippen MR) is 77.2 cm³/mol. The van der Waals surface area contributed by atoms with Crippen molar-refractivity contribution in [2.75, 3.05) is 13.7 Å². The third-order valence-electron chi connectivity index (χ3n) is 2.95. The SMILES string of the molecule is COC(CNC(=O)c1csc2ccccc12)CC(=O)O. The highest BCUT2D eigenvalue weighted by Gasteiger charge is 2.16. The topological polar surface area (TPSA) is 75.6 Å². The molecule has 0 bridgehead atoms. The minimum absolute atomic E-state index is 0.138. The van der Waals surface area contributed by atoms with Gasteiger partial charge in [-0.15, -0.1) is 11.3 Å². The van der Waals surface area contributed by atoms with Crippen LogP contribution in [0, 0.1) is 0 Å². The molecule has 0 saturated carbocycles. The van der Waals surface area contributed by atoms with Gasteiger partial charge in [-0.3, -0.25) is 9.59 Å². The number of benzene rings is 1. The zero-order chi connectivity index (χ0) is 14.5. The average Bonchev–Trinajstić information content (AvgIpc) is 2.86. The van der Waals surface area contributed by atoms with Crippen LogP contribution in [0.2, 0.25) is 0 Å². The molecule has 20 heavy (non-hydrogen) atoms. The number of aliphatic carboxylic acids is 1. The molecule has 0 fully saturated rings. The van der Waals surface area contributed by atoms with E-state index in [1.165, 1.54) is 18.4 Å². The lowest BCUT2D eigenvalue weighted by Crippen LogP contribution is -2.34. The summed E-state index contributed by atoms with van der Waals surface area (Å²) in [7, 11) is 1.43. The van der Waals surface area contributed by atoms with Crippen LogP contribution in [0.1, 0.15) is 16.8 Å². The smallest absolute Gasteiger partial charge is 0.306 e. The summed E-state index contributed by atoms with van der Waals surface area (Å²) in [5.41, 5.74) is 0.607. The second kappa shape index (κ2) is 6.49. The Morgan fingerprint density at radius 1 is 1.40 bits per heavy atom. The molecule has 0 radical (unpaired) electrons. The van der Waals surface area contributed by atoms with E-state index in [4.69, 9.17) is 9.84 Å². The molecule has 0 aliphatic rings. The van der Waals surface area contributed by atoms with Crippen LogP contribution < -0.4 is 5.32 Å². The highest BCUT2D eigenvalue weighted by atomic mass is 32.1. The van der Waals surface area contributed by atoms with Crippen LogP contribution in [0.25, 0.3) is 10.1 Å². The van der Waals surface area contributed by atoms with Crippen LogP contribution in [0.5, 0.6) is 0 Å². The van der Waals surface area contributed by atoms with E-state index in [9.17, 15) is 9.59 Å². The Morgan fingerprint density at radius 2 is 2.15 bits per heavy atom. The van der Waals surface area contributed by atoms with Gasteiger partial charge in [-0.2, -0.15) is 0 Å². The number of hydrogen-bond acceptors (Lipinski definition) is 4. The van der Waals surface area contributed by atoms with Crippen molar-refractivity contribution < 1.29 is 19.4 Å². The fraction of sp³-hybridized carbons (Fsp3) is 0.286. The lowest BCUT2D eigenvalue weighted by Gasteiger charge is -2.13. The van der Waals surface area contributed by atoms with E-state index in [-0.39, 0.29) is 18.9 Å². The van der Waals surface area contributed by atoms with E-state index in [0.29, 0.717) is 5.56 Å². The summed E-state index contributed by atoms with van der Waals surface area (Å²) < 4.78 is 6.07. The number of carbonyl (C=O) groups excluding carboxylic acids is 1. The quantitative estimate of drug-likeness (QED) is 0.855. The van der Waals surface area contributed by atoms with E-state index in [1.54, 1.807) is 5.38 Å². The van der Waals surface area contributed by atoms with Crippen LogP contribution >= 0.6 is 11.3 Å². The van der Waals surface area contributed by atoms with Gasteiger partial charge < -0.3 is 15.2 Å². The molecule has 2 aromatic rings. The van der Waals surface area contributed by atoms with E-state index in [1.807, 2.05) is 24.3 Å². The number of hydrogen-bond donors (Lipinski definition) is 2. The standard InChI is InChI=1S/C14H15NO4S/c1-19-9(6-13(16)17)7-15-14(18)11-8-20-12-5-3-2-4-10(11)12/h2-5,8-9H,6-7H2,1H3,(H,15,18)(H,16,17). The fourth-order valence-corrected chi connectivity index (χ4v) is 2.83.